The summed E-state index contributed by atoms with van der Waals surface area (Å²) in [4.78, 5) is 11.2. The molecule has 2 aromatic heterocycles. The monoisotopic (exact) mass is 300 g/mol. The second-order valence-electron chi connectivity index (χ2n) is 6.28. The topological polar surface area (TPSA) is 54.2 Å². The Labute approximate surface area is 131 Å². The lowest BCUT2D eigenvalue weighted by Crippen LogP contribution is -2.35. The quantitative estimate of drug-likeness (QED) is 0.939. The van der Waals surface area contributed by atoms with Crippen molar-refractivity contribution in [3.05, 3.63) is 47.8 Å². The molecular weight excluding hydrogens is 276 g/mol. The highest BCUT2D eigenvalue weighted by atomic mass is 16.3. The molecule has 1 atom stereocenters. The van der Waals surface area contributed by atoms with E-state index in [9.17, 15) is 5.11 Å². The van der Waals surface area contributed by atoms with Crippen molar-refractivity contribution in [2.45, 2.75) is 32.4 Å². The van der Waals surface area contributed by atoms with Gasteiger partial charge in [-0.3, -0.25) is 9.88 Å². The number of rotatable bonds is 4. The van der Waals surface area contributed by atoms with Gasteiger partial charge in [-0.1, -0.05) is 6.07 Å². The number of hydrogen-bond donors (Lipinski definition) is 1. The summed E-state index contributed by atoms with van der Waals surface area (Å²) in [5.74, 6) is 1.07. The number of likely N-dealkylation sites (tertiary alicyclic amines) is 1. The van der Waals surface area contributed by atoms with E-state index < -0.39 is 6.10 Å². The van der Waals surface area contributed by atoms with Gasteiger partial charge in [0, 0.05) is 32.2 Å². The molecule has 0 amide bonds. The minimum atomic E-state index is -0.459. The first-order chi connectivity index (χ1) is 10.6. The van der Waals surface area contributed by atoms with Crippen LogP contribution in [0.2, 0.25) is 0 Å². The van der Waals surface area contributed by atoms with Gasteiger partial charge in [0.1, 0.15) is 11.9 Å². The average molecular weight is 300 g/mol. The molecule has 0 aliphatic carbocycles. The third kappa shape index (κ3) is 3.36. The van der Waals surface area contributed by atoms with Gasteiger partial charge in [0.25, 0.3) is 0 Å². The Kier molecular flexibility index (Phi) is 4.55. The van der Waals surface area contributed by atoms with E-state index in [2.05, 4.69) is 33.9 Å². The molecule has 0 bridgehead atoms. The first-order valence-corrected chi connectivity index (χ1v) is 7.92. The Bertz CT molecular complexity index is 599. The van der Waals surface area contributed by atoms with E-state index in [1.165, 1.54) is 5.56 Å². The number of hydrogen-bond acceptors (Lipinski definition) is 4. The van der Waals surface area contributed by atoms with Gasteiger partial charge in [-0.05, 0) is 50.4 Å². The maximum atomic E-state index is 10.5. The Hall–Kier alpha value is -1.72. The number of nitrogens with zero attached hydrogens (tertiary/aromatic N) is 4. The lowest BCUT2D eigenvalue weighted by molar-refractivity contribution is 0.0489. The fraction of sp³-hybridized carbons (Fsp3) is 0.529. The summed E-state index contributed by atoms with van der Waals surface area (Å²) in [5, 5.41) is 10.5. The van der Waals surface area contributed by atoms with Crippen LogP contribution in [0, 0.1) is 12.8 Å². The van der Waals surface area contributed by atoms with Crippen molar-refractivity contribution in [2.24, 2.45) is 13.0 Å². The van der Waals surface area contributed by atoms with Crippen LogP contribution in [0.4, 0.5) is 0 Å². The largest absolute Gasteiger partial charge is 0.385 e. The Morgan fingerprint density at radius 1 is 1.27 bits per heavy atom. The zero-order chi connectivity index (χ0) is 15.5. The molecule has 1 aliphatic rings. The molecule has 5 nitrogen and oxygen atoms in total. The molecule has 2 aromatic rings. The Morgan fingerprint density at radius 2 is 2.05 bits per heavy atom. The minimum absolute atomic E-state index is 0.295. The molecule has 1 unspecified atom stereocenters. The molecule has 1 fully saturated rings. The summed E-state index contributed by atoms with van der Waals surface area (Å²) in [7, 11) is 1.93. The predicted molar refractivity (Wildman–Crippen MR) is 85.1 cm³/mol. The molecule has 3 rings (SSSR count). The van der Waals surface area contributed by atoms with E-state index >= 15 is 0 Å². The van der Waals surface area contributed by atoms with Crippen LogP contribution in [0.25, 0.3) is 0 Å². The number of imidazole rings is 1. The average Bonchev–Trinajstić information content (AvgIpc) is 2.96. The summed E-state index contributed by atoms with van der Waals surface area (Å²) < 4.78 is 1.91. The van der Waals surface area contributed by atoms with Crippen LogP contribution in [-0.2, 0) is 13.6 Å². The van der Waals surface area contributed by atoms with Gasteiger partial charge in [-0.25, -0.2) is 4.98 Å². The number of aliphatic hydroxyl groups excluding tert-OH is 1. The second-order valence-corrected chi connectivity index (χ2v) is 6.28. The first kappa shape index (κ1) is 15.2. The van der Waals surface area contributed by atoms with Crippen LogP contribution in [0.5, 0.6) is 0 Å². The standard InChI is InChI=1S/C17H24N4O/c1-13-3-4-15(19-11-13)12-21-8-5-14(6-9-21)16(22)17-18-7-10-20(17)2/h3-4,7,10-11,14,16,22H,5-6,8-9,12H2,1-2H3. The lowest BCUT2D eigenvalue weighted by Gasteiger charge is -2.33. The number of pyridine rings is 1. The summed E-state index contributed by atoms with van der Waals surface area (Å²) in [5.41, 5.74) is 2.31. The van der Waals surface area contributed by atoms with Crippen molar-refractivity contribution in [1.29, 1.82) is 0 Å². The van der Waals surface area contributed by atoms with Gasteiger partial charge in [0.05, 0.1) is 5.69 Å². The minimum Gasteiger partial charge on any atom is -0.385 e. The number of aryl methyl sites for hydroxylation is 2. The third-order valence-electron chi connectivity index (χ3n) is 4.56. The lowest BCUT2D eigenvalue weighted by atomic mass is 9.90. The predicted octanol–water partition coefficient (Wildman–Crippen LogP) is 2.07. The molecule has 1 N–H and O–H groups in total. The summed E-state index contributed by atoms with van der Waals surface area (Å²) in [6.07, 6.45) is 7.10. The molecule has 1 saturated heterocycles. The molecule has 0 spiro atoms. The van der Waals surface area contributed by atoms with Crippen molar-refractivity contribution in [2.75, 3.05) is 13.1 Å². The zero-order valence-corrected chi connectivity index (χ0v) is 13.3. The van der Waals surface area contributed by atoms with Gasteiger partial charge in [-0.15, -0.1) is 0 Å². The fourth-order valence-corrected chi connectivity index (χ4v) is 3.12. The Balaban J connectivity index is 1.54. The van der Waals surface area contributed by atoms with Gasteiger partial charge in [0.15, 0.2) is 0 Å². The molecule has 118 valence electrons. The summed E-state index contributed by atoms with van der Waals surface area (Å²) in [6.45, 7) is 4.95. The SMILES string of the molecule is Cc1ccc(CN2CCC(C(O)c3nccn3C)CC2)nc1. The fourth-order valence-electron chi connectivity index (χ4n) is 3.12. The molecule has 1 aliphatic heterocycles. The third-order valence-corrected chi connectivity index (χ3v) is 4.56. The summed E-state index contributed by atoms with van der Waals surface area (Å²) >= 11 is 0. The number of aromatic nitrogens is 3. The molecule has 0 aromatic carbocycles. The second kappa shape index (κ2) is 6.58. The van der Waals surface area contributed by atoms with Crippen LogP contribution in [0.1, 0.15) is 36.0 Å². The highest BCUT2D eigenvalue weighted by Crippen LogP contribution is 2.30. The molecule has 3 heterocycles. The van der Waals surface area contributed by atoms with Crippen LogP contribution >= 0.6 is 0 Å². The van der Waals surface area contributed by atoms with E-state index in [1.807, 2.05) is 24.0 Å². The van der Waals surface area contributed by atoms with Crippen molar-refractivity contribution >= 4 is 0 Å². The Morgan fingerprint density at radius 3 is 2.64 bits per heavy atom. The molecule has 5 heteroatoms. The molecule has 0 saturated carbocycles. The summed E-state index contributed by atoms with van der Waals surface area (Å²) in [6, 6.07) is 4.21. The van der Waals surface area contributed by atoms with E-state index in [0.717, 1.165) is 44.0 Å². The number of aliphatic hydroxyl groups is 1. The van der Waals surface area contributed by atoms with Crippen molar-refractivity contribution < 1.29 is 5.11 Å². The molecule has 0 radical (unpaired) electrons. The number of piperidine rings is 1. The maximum Gasteiger partial charge on any atom is 0.137 e. The molecule has 22 heavy (non-hydrogen) atoms. The zero-order valence-electron chi connectivity index (χ0n) is 13.3. The van der Waals surface area contributed by atoms with Crippen molar-refractivity contribution in [3.8, 4) is 0 Å². The highest BCUT2D eigenvalue weighted by Gasteiger charge is 2.28. The van der Waals surface area contributed by atoms with Gasteiger partial charge < -0.3 is 9.67 Å². The van der Waals surface area contributed by atoms with Gasteiger partial charge in [-0.2, -0.15) is 0 Å². The van der Waals surface area contributed by atoms with Crippen LogP contribution in [0.15, 0.2) is 30.7 Å². The highest BCUT2D eigenvalue weighted by molar-refractivity contribution is 5.12. The normalized spacial score (nSPS) is 18.5. The first-order valence-electron chi connectivity index (χ1n) is 7.92. The maximum absolute atomic E-state index is 10.5. The van der Waals surface area contributed by atoms with Crippen LogP contribution in [0.3, 0.4) is 0 Å². The van der Waals surface area contributed by atoms with E-state index in [0.29, 0.717) is 5.92 Å². The van der Waals surface area contributed by atoms with Crippen molar-refractivity contribution in [1.82, 2.24) is 19.4 Å². The van der Waals surface area contributed by atoms with Gasteiger partial charge in [0.2, 0.25) is 0 Å². The molecular formula is C17H24N4O. The smallest absolute Gasteiger partial charge is 0.137 e. The van der Waals surface area contributed by atoms with Gasteiger partial charge >= 0.3 is 0 Å². The van der Waals surface area contributed by atoms with E-state index in [1.54, 1.807) is 6.20 Å². The van der Waals surface area contributed by atoms with E-state index in [4.69, 9.17) is 0 Å². The van der Waals surface area contributed by atoms with Crippen LogP contribution in [-0.4, -0.2) is 37.6 Å². The van der Waals surface area contributed by atoms with E-state index in [-0.39, 0.29) is 0 Å². The van der Waals surface area contributed by atoms with Crippen LogP contribution < -0.4 is 0 Å². The van der Waals surface area contributed by atoms with Crippen molar-refractivity contribution in [3.63, 3.8) is 0 Å².